The topological polar surface area (TPSA) is 46.2 Å². The fourth-order valence-corrected chi connectivity index (χ4v) is 2.01. The average Bonchev–Trinajstić information content (AvgIpc) is 2.99. The molecule has 6 heteroatoms. The molecular formula is C11H11F4NO. The van der Waals surface area contributed by atoms with Gasteiger partial charge in [0.2, 0.25) is 0 Å². The molecule has 0 saturated heterocycles. The molecule has 0 spiro atoms. The number of aliphatic hydroxyl groups excluding tert-OH is 1. The number of hydrogen-bond acceptors (Lipinski definition) is 2. The summed E-state index contributed by atoms with van der Waals surface area (Å²) < 4.78 is 52.6. The van der Waals surface area contributed by atoms with Gasteiger partial charge >= 0.3 is 0 Å². The number of benzene rings is 1. The summed E-state index contributed by atoms with van der Waals surface area (Å²) in [6, 6.07) is 2.97. The van der Waals surface area contributed by atoms with Crippen molar-refractivity contribution in [2.75, 3.05) is 0 Å². The first kappa shape index (κ1) is 12.3. The van der Waals surface area contributed by atoms with E-state index in [0.717, 1.165) is 18.2 Å². The zero-order valence-electron chi connectivity index (χ0n) is 8.71. The second-order valence-corrected chi connectivity index (χ2v) is 4.24. The summed E-state index contributed by atoms with van der Waals surface area (Å²) >= 11 is 0. The standard InChI is InChI=1S/C11H11F4NO/c12-7-3-1-2-5(9(7)13)11(16,10(14)15)6-4-8(6)17/h1-3,6,8,10,17H,4,16H2/t6-,8?,11+/m0/s1. The summed E-state index contributed by atoms with van der Waals surface area (Å²) in [6.45, 7) is 0. The van der Waals surface area contributed by atoms with Gasteiger partial charge in [0.15, 0.2) is 11.6 Å². The Morgan fingerprint density at radius 3 is 2.41 bits per heavy atom. The highest BCUT2D eigenvalue weighted by atomic mass is 19.3. The zero-order valence-corrected chi connectivity index (χ0v) is 8.71. The Morgan fingerprint density at radius 2 is 1.94 bits per heavy atom. The highest BCUT2D eigenvalue weighted by molar-refractivity contribution is 5.31. The molecule has 2 nitrogen and oxygen atoms in total. The first-order valence-corrected chi connectivity index (χ1v) is 5.08. The summed E-state index contributed by atoms with van der Waals surface area (Å²) in [7, 11) is 0. The van der Waals surface area contributed by atoms with Gasteiger partial charge in [0, 0.05) is 11.5 Å². The van der Waals surface area contributed by atoms with E-state index in [-0.39, 0.29) is 6.42 Å². The maximum Gasteiger partial charge on any atom is 0.260 e. The zero-order chi connectivity index (χ0) is 12.8. The van der Waals surface area contributed by atoms with E-state index in [4.69, 9.17) is 5.73 Å². The van der Waals surface area contributed by atoms with Crippen molar-refractivity contribution in [3.05, 3.63) is 35.4 Å². The van der Waals surface area contributed by atoms with Gasteiger partial charge in [0.25, 0.3) is 6.43 Å². The lowest BCUT2D eigenvalue weighted by Gasteiger charge is -2.29. The van der Waals surface area contributed by atoms with Gasteiger partial charge in [-0.05, 0) is 12.5 Å². The molecule has 1 fully saturated rings. The van der Waals surface area contributed by atoms with E-state index in [2.05, 4.69) is 0 Å². The van der Waals surface area contributed by atoms with Gasteiger partial charge in [-0.2, -0.15) is 0 Å². The number of hydrogen-bond donors (Lipinski definition) is 2. The maximum atomic E-state index is 13.5. The molecule has 1 aliphatic carbocycles. The third-order valence-electron chi connectivity index (χ3n) is 3.15. The Hall–Kier alpha value is -1.14. The third kappa shape index (κ3) is 1.81. The summed E-state index contributed by atoms with van der Waals surface area (Å²) in [5.74, 6) is -3.55. The van der Waals surface area contributed by atoms with Crippen LogP contribution in [0.1, 0.15) is 12.0 Å². The van der Waals surface area contributed by atoms with Crippen molar-refractivity contribution < 1.29 is 22.7 Å². The molecule has 2 rings (SSSR count). The smallest absolute Gasteiger partial charge is 0.260 e. The van der Waals surface area contributed by atoms with Gasteiger partial charge in [-0.25, -0.2) is 17.6 Å². The summed E-state index contributed by atoms with van der Waals surface area (Å²) in [5, 5.41) is 9.20. The maximum absolute atomic E-state index is 13.5. The SMILES string of the molecule is N[C@@](c1cccc(F)c1F)(C(F)F)[C@H]1CC1O. The lowest BCUT2D eigenvalue weighted by molar-refractivity contribution is 0.0258. The lowest BCUT2D eigenvalue weighted by Crippen LogP contribution is -2.48. The van der Waals surface area contributed by atoms with Gasteiger partial charge in [-0.1, -0.05) is 12.1 Å². The molecule has 3 N–H and O–H groups in total. The molecule has 0 aromatic heterocycles. The largest absolute Gasteiger partial charge is 0.393 e. The van der Waals surface area contributed by atoms with E-state index in [1.165, 1.54) is 0 Å². The van der Waals surface area contributed by atoms with Crippen molar-refractivity contribution in [1.82, 2.24) is 0 Å². The number of alkyl halides is 2. The highest BCUT2D eigenvalue weighted by Crippen LogP contribution is 2.48. The molecule has 1 saturated carbocycles. The molecule has 94 valence electrons. The average molecular weight is 249 g/mol. The minimum absolute atomic E-state index is 0.0663. The van der Waals surface area contributed by atoms with Gasteiger partial charge in [-0.15, -0.1) is 0 Å². The molecule has 0 bridgehead atoms. The van der Waals surface area contributed by atoms with Crippen molar-refractivity contribution in [2.45, 2.75) is 24.5 Å². The Balaban J connectivity index is 2.50. The van der Waals surface area contributed by atoms with E-state index >= 15 is 0 Å². The number of aliphatic hydroxyl groups is 1. The summed E-state index contributed by atoms with van der Waals surface area (Å²) in [6.07, 6.45) is -4.01. The van der Waals surface area contributed by atoms with E-state index in [1.807, 2.05) is 0 Å². The molecule has 0 radical (unpaired) electrons. The first-order chi connectivity index (χ1) is 7.89. The summed E-state index contributed by atoms with van der Waals surface area (Å²) in [5.41, 5.74) is 2.58. The van der Waals surface area contributed by atoms with Gasteiger partial charge < -0.3 is 10.8 Å². The molecule has 1 aromatic carbocycles. The molecule has 0 amide bonds. The van der Waals surface area contributed by atoms with Crippen LogP contribution in [0.5, 0.6) is 0 Å². The highest BCUT2D eigenvalue weighted by Gasteiger charge is 2.57. The van der Waals surface area contributed by atoms with Crippen LogP contribution in [0.15, 0.2) is 18.2 Å². The fourth-order valence-electron chi connectivity index (χ4n) is 2.01. The van der Waals surface area contributed by atoms with Crippen molar-refractivity contribution in [3.63, 3.8) is 0 Å². The predicted molar refractivity (Wildman–Crippen MR) is 52.3 cm³/mol. The Morgan fingerprint density at radius 1 is 1.35 bits per heavy atom. The predicted octanol–water partition coefficient (Wildman–Crippen LogP) is 1.76. The number of nitrogens with two attached hydrogens (primary N) is 1. The van der Waals surface area contributed by atoms with Crippen molar-refractivity contribution in [2.24, 2.45) is 11.7 Å². The van der Waals surface area contributed by atoms with Crippen molar-refractivity contribution in [3.8, 4) is 0 Å². The lowest BCUT2D eigenvalue weighted by atomic mass is 9.85. The minimum Gasteiger partial charge on any atom is -0.393 e. The van der Waals surface area contributed by atoms with Gasteiger partial charge in [-0.3, -0.25) is 0 Å². The van der Waals surface area contributed by atoms with Crippen LogP contribution >= 0.6 is 0 Å². The Labute approximate surface area is 95.0 Å². The first-order valence-electron chi connectivity index (χ1n) is 5.08. The molecule has 3 atom stereocenters. The Kier molecular flexibility index (Phi) is 2.87. The molecule has 17 heavy (non-hydrogen) atoms. The van der Waals surface area contributed by atoms with Crippen LogP contribution in [0.2, 0.25) is 0 Å². The molecule has 1 aromatic rings. The summed E-state index contributed by atoms with van der Waals surface area (Å²) in [4.78, 5) is 0. The molecule has 0 aliphatic heterocycles. The van der Waals surface area contributed by atoms with Crippen molar-refractivity contribution in [1.29, 1.82) is 0 Å². The minimum atomic E-state index is -3.08. The number of halogens is 4. The fraction of sp³-hybridized carbons (Fsp3) is 0.455. The normalized spacial score (nSPS) is 27.0. The van der Waals surface area contributed by atoms with Crippen LogP contribution in [0.25, 0.3) is 0 Å². The van der Waals surface area contributed by atoms with Crippen LogP contribution in [-0.2, 0) is 5.54 Å². The van der Waals surface area contributed by atoms with Crippen molar-refractivity contribution >= 4 is 0 Å². The Bertz CT molecular complexity index is 439. The van der Waals surface area contributed by atoms with E-state index < -0.39 is 41.2 Å². The van der Waals surface area contributed by atoms with E-state index in [1.54, 1.807) is 0 Å². The molecular weight excluding hydrogens is 238 g/mol. The number of rotatable bonds is 3. The molecule has 1 aliphatic rings. The van der Waals surface area contributed by atoms with E-state index in [9.17, 15) is 22.7 Å². The molecule has 0 heterocycles. The van der Waals surface area contributed by atoms with E-state index in [0.29, 0.717) is 0 Å². The third-order valence-corrected chi connectivity index (χ3v) is 3.15. The van der Waals surface area contributed by atoms with Crippen LogP contribution in [0.4, 0.5) is 17.6 Å². The van der Waals surface area contributed by atoms with Gasteiger partial charge in [0.1, 0.15) is 5.54 Å². The second kappa shape index (κ2) is 3.96. The quantitative estimate of drug-likeness (QED) is 0.802. The second-order valence-electron chi connectivity index (χ2n) is 4.24. The van der Waals surface area contributed by atoms with Crippen LogP contribution < -0.4 is 5.73 Å². The van der Waals surface area contributed by atoms with Crippen LogP contribution in [-0.4, -0.2) is 17.6 Å². The van der Waals surface area contributed by atoms with Gasteiger partial charge in [0.05, 0.1) is 6.10 Å². The van der Waals surface area contributed by atoms with Crippen LogP contribution in [0.3, 0.4) is 0 Å². The monoisotopic (exact) mass is 249 g/mol. The molecule has 1 unspecified atom stereocenters. The van der Waals surface area contributed by atoms with Crippen LogP contribution in [0, 0.1) is 17.6 Å².